The number of hydrogen-bond acceptors (Lipinski definition) is 3. The molecule has 1 aromatic heterocycles. The summed E-state index contributed by atoms with van der Waals surface area (Å²) in [6, 6.07) is 3.65. The van der Waals surface area contributed by atoms with Gasteiger partial charge in [0, 0.05) is 18.7 Å². The number of hydrogen-bond donors (Lipinski definition) is 2. The Morgan fingerprint density at radius 1 is 1.65 bits per heavy atom. The van der Waals surface area contributed by atoms with Crippen LogP contribution in [-0.4, -0.2) is 10.9 Å². The molecule has 1 atom stereocenters. The van der Waals surface area contributed by atoms with E-state index in [1.54, 1.807) is 6.20 Å². The van der Waals surface area contributed by atoms with Crippen LogP contribution >= 0.6 is 12.4 Å². The molecular formula is C12H18ClN3O. The van der Waals surface area contributed by atoms with Crippen molar-refractivity contribution in [3.05, 3.63) is 23.9 Å². The molecule has 2 rings (SSSR count). The molecule has 1 aliphatic rings. The third-order valence-corrected chi connectivity index (χ3v) is 2.75. The molecule has 0 aliphatic heterocycles. The number of nitrogens with zero attached hydrogens (tertiary/aromatic N) is 1. The fraction of sp³-hybridized carbons (Fsp3) is 0.500. The first-order valence-corrected chi connectivity index (χ1v) is 5.66. The minimum absolute atomic E-state index is 0. The minimum Gasteiger partial charge on any atom is -0.324 e. The summed E-state index contributed by atoms with van der Waals surface area (Å²) in [4.78, 5) is 15.7. The van der Waals surface area contributed by atoms with Gasteiger partial charge >= 0.3 is 0 Å². The van der Waals surface area contributed by atoms with E-state index in [2.05, 4.69) is 10.3 Å². The maximum atomic E-state index is 11.6. The van der Waals surface area contributed by atoms with E-state index in [-0.39, 0.29) is 24.4 Å². The lowest BCUT2D eigenvalue weighted by Gasteiger charge is -2.08. The molecule has 1 unspecified atom stereocenters. The van der Waals surface area contributed by atoms with E-state index in [4.69, 9.17) is 5.73 Å². The Hall–Kier alpha value is -1.13. The van der Waals surface area contributed by atoms with E-state index in [1.807, 2.05) is 19.1 Å². The highest BCUT2D eigenvalue weighted by molar-refractivity contribution is 5.90. The molecule has 1 fully saturated rings. The van der Waals surface area contributed by atoms with Gasteiger partial charge in [-0.2, -0.15) is 0 Å². The molecule has 1 heterocycles. The van der Waals surface area contributed by atoms with E-state index in [0.717, 1.165) is 5.56 Å². The zero-order chi connectivity index (χ0) is 11.5. The van der Waals surface area contributed by atoms with Crippen LogP contribution in [0.25, 0.3) is 0 Å². The van der Waals surface area contributed by atoms with Gasteiger partial charge in [0.05, 0.1) is 0 Å². The number of anilines is 1. The first kappa shape index (κ1) is 13.9. The number of aromatic nitrogens is 1. The molecule has 5 heteroatoms. The lowest BCUT2D eigenvalue weighted by atomic mass is 10.1. The number of pyridine rings is 1. The van der Waals surface area contributed by atoms with Crippen LogP contribution in [0.4, 0.5) is 5.82 Å². The highest BCUT2D eigenvalue weighted by Crippen LogP contribution is 2.32. The summed E-state index contributed by atoms with van der Waals surface area (Å²) in [6.45, 7) is 1.91. The minimum atomic E-state index is -0.0397. The van der Waals surface area contributed by atoms with E-state index >= 15 is 0 Å². The molecule has 0 saturated heterocycles. The number of rotatable bonds is 4. The molecule has 3 N–H and O–H groups in total. The third kappa shape index (κ3) is 4.32. The Morgan fingerprint density at radius 3 is 2.94 bits per heavy atom. The van der Waals surface area contributed by atoms with Gasteiger partial charge in [0.1, 0.15) is 5.82 Å². The van der Waals surface area contributed by atoms with Gasteiger partial charge in [0.2, 0.25) is 5.91 Å². The average molecular weight is 256 g/mol. The molecule has 1 aromatic rings. The number of carbonyl (C=O) groups excluding carboxylic acids is 1. The van der Waals surface area contributed by atoms with Gasteiger partial charge in [-0.25, -0.2) is 4.98 Å². The van der Waals surface area contributed by atoms with Crippen LogP contribution in [0.2, 0.25) is 0 Å². The van der Waals surface area contributed by atoms with Crippen molar-refractivity contribution in [3.8, 4) is 0 Å². The van der Waals surface area contributed by atoms with Crippen LogP contribution in [-0.2, 0) is 4.79 Å². The van der Waals surface area contributed by atoms with Gasteiger partial charge in [0.15, 0.2) is 0 Å². The second-order valence-corrected chi connectivity index (χ2v) is 4.46. The Morgan fingerprint density at radius 2 is 2.35 bits per heavy atom. The molecule has 1 amide bonds. The fourth-order valence-corrected chi connectivity index (χ4v) is 1.58. The third-order valence-electron chi connectivity index (χ3n) is 2.75. The summed E-state index contributed by atoms with van der Waals surface area (Å²) in [7, 11) is 0. The molecule has 0 aromatic carbocycles. The number of nitrogens with two attached hydrogens (primary N) is 1. The first-order valence-electron chi connectivity index (χ1n) is 5.66. The fourth-order valence-electron chi connectivity index (χ4n) is 1.58. The van der Waals surface area contributed by atoms with Gasteiger partial charge in [0.25, 0.3) is 0 Å². The number of halogens is 1. The van der Waals surface area contributed by atoms with E-state index in [0.29, 0.717) is 18.2 Å². The highest BCUT2D eigenvalue weighted by Gasteiger charge is 2.24. The largest absolute Gasteiger partial charge is 0.324 e. The molecule has 0 bridgehead atoms. The van der Waals surface area contributed by atoms with Gasteiger partial charge in [-0.15, -0.1) is 12.4 Å². The Balaban J connectivity index is 0.00000144. The van der Waals surface area contributed by atoms with Crippen molar-refractivity contribution in [2.75, 3.05) is 5.32 Å². The first-order chi connectivity index (χ1) is 7.65. The van der Waals surface area contributed by atoms with Gasteiger partial charge in [-0.3, -0.25) is 4.79 Å². The van der Waals surface area contributed by atoms with Crippen LogP contribution in [0.15, 0.2) is 18.3 Å². The van der Waals surface area contributed by atoms with Crippen molar-refractivity contribution in [3.63, 3.8) is 0 Å². The van der Waals surface area contributed by atoms with Crippen molar-refractivity contribution >= 4 is 24.1 Å². The van der Waals surface area contributed by atoms with Crippen LogP contribution in [0, 0.1) is 5.92 Å². The van der Waals surface area contributed by atoms with Crippen molar-refractivity contribution < 1.29 is 4.79 Å². The summed E-state index contributed by atoms with van der Waals surface area (Å²) in [6.07, 6.45) is 4.65. The van der Waals surface area contributed by atoms with Crippen molar-refractivity contribution in [2.45, 2.75) is 32.2 Å². The van der Waals surface area contributed by atoms with Crippen LogP contribution in [0.5, 0.6) is 0 Å². The highest BCUT2D eigenvalue weighted by atomic mass is 35.5. The molecule has 0 spiro atoms. The normalized spacial score (nSPS) is 15.9. The molecule has 94 valence electrons. The van der Waals surface area contributed by atoms with Gasteiger partial charge in [-0.1, -0.05) is 0 Å². The number of carbonyl (C=O) groups is 1. The zero-order valence-corrected chi connectivity index (χ0v) is 10.7. The number of nitrogens with one attached hydrogen (secondary N) is 1. The van der Waals surface area contributed by atoms with Crippen molar-refractivity contribution in [1.82, 2.24) is 4.98 Å². The zero-order valence-electron chi connectivity index (χ0n) is 9.85. The lowest BCUT2D eigenvalue weighted by molar-refractivity contribution is -0.116. The Bertz CT molecular complexity index is 391. The average Bonchev–Trinajstić information content (AvgIpc) is 3.01. The maximum absolute atomic E-state index is 11.6. The smallest absolute Gasteiger partial charge is 0.225 e. The molecule has 17 heavy (non-hydrogen) atoms. The summed E-state index contributed by atoms with van der Waals surface area (Å²) in [5, 5.41) is 2.80. The predicted octanol–water partition coefficient (Wildman–Crippen LogP) is 2.26. The summed E-state index contributed by atoms with van der Waals surface area (Å²) >= 11 is 0. The van der Waals surface area contributed by atoms with Crippen molar-refractivity contribution in [2.24, 2.45) is 11.7 Å². The lowest BCUT2D eigenvalue weighted by Crippen LogP contribution is -2.14. The van der Waals surface area contributed by atoms with Crippen LogP contribution in [0.3, 0.4) is 0 Å². The summed E-state index contributed by atoms with van der Waals surface area (Å²) < 4.78 is 0. The Labute approximate surface area is 107 Å². The SMILES string of the molecule is CC(N)c1ccnc(NC(=O)CC2CC2)c1.Cl. The van der Waals surface area contributed by atoms with E-state index < -0.39 is 0 Å². The van der Waals surface area contributed by atoms with Crippen LogP contribution in [0.1, 0.15) is 37.8 Å². The summed E-state index contributed by atoms with van der Waals surface area (Å²) in [5.41, 5.74) is 6.75. The standard InChI is InChI=1S/C12H17N3O.ClH/c1-8(13)10-4-5-14-11(7-10)15-12(16)6-9-2-3-9;/h4-5,7-9H,2-3,6,13H2,1H3,(H,14,15,16);1H. The van der Waals surface area contributed by atoms with Gasteiger partial charge < -0.3 is 11.1 Å². The molecule has 1 saturated carbocycles. The van der Waals surface area contributed by atoms with Crippen LogP contribution < -0.4 is 11.1 Å². The molecular weight excluding hydrogens is 238 g/mol. The maximum Gasteiger partial charge on any atom is 0.225 e. The van der Waals surface area contributed by atoms with E-state index in [1.165, 1.54) is 12.8 Å². The monoisotopic (exact) mass is 255 g/mol. The quantitative estimate of drug-likeness (QED) is 0.867. The van der Waals surface area contributed by atoms with E-state index in [9.17, 15) is 4.79 Å². The topological polar surface area (TPSA) is 68.0 Å². The molecule has 4 nitrogen and oxygen atoms in total. The molecule has 1 aliphatic carbocycles. The second kappa shape index (κ2) is 5.98. The summed E-state index contributed by atoms with van der Waals surface area (Å²) in [5.74, 6) is 1.24. The predicted molar refractivity (Wildman–Crippen MR) is 70.1 cm³/mol. The van der Waals surface area contributed by atoms with Gasteiger partial charge in [-0.05, 0) is 43.4 Å². The molecule has 0 radical (unpaired) electrons. The van der Waals surface area contributed by atoms with Crippen molar-refractivity contribution in [1.29, 1.82) is 0 Å². The Kier molecular flexibility index (Phi) is 4.90. The number of amides is 1. The second-order valence-electron chi connectivity index (χ2n) is 4.46.